The summed E-state index contributed by atoms with van der Waals surface area (Å²) in [6, 6.07) is 13.6. The van der Waals surface area contributed by atoms with Crippen LogP contribution < -0.4 is 15.5 Å². The lowest BCUT2D eigenvalue weighted by Gasteiger charge is -2.23. The van der Waals surface area contributed by atoms with E-state index in [4.69, 9.17) is 11.6 Å². The normalized spacial score (nSPS) is 23.4. The van der Waals surface area contributed by atoms with Crippen LogP contribution in [-0.2, 0) is 5.60 Å². The van der Waals surface area contributed by atoms with Gasteiger partial charge < -0.3 is 15.5 Å². The van der Waals surface area contributed by atoms with Gasteiger partial charge in [0.05, 0.1) is 18.3 Å². The summed E-state index contributed by atoms with van der Waals surface area (Å²) in [5, 5.41) is 27.7. The number of para-hydroxylation sites is 1. The van der Waals surface area contributed by atoms with Crippen molar-refractivity contribution < 1.29 is 19.4 Å². The van der Waals surface area contributed by atoms with E-state index in [0.717, 1.165) is 0 Å². The van der Waals surface area contributed by atoms with Gasteiger partial charge in [-0.2, -0.15) is 0 Å². The molecule has 6 nitrogen and oxygen atoms in total. The number of hydrogen-bond donors (Lipinski definition) is 4. The number of nitrogens with zero attached hydrogens (tertiary/aromatic N) is 1. The third-order valence-corrected chi connectivity index (χ3v) is 6.88. The van der Waals surface area contributed by atoms with Crippen LogP contribution in [0.25, 0.3) is 0 Å². The fourth-order valence-corrected chi connectivity index (χ4v) is 5.31. The number of nitrogens with one attached hydrogen (secondary N) is 2. The van der Waals surface area contributed by atoms with E-state index < -0.39 is 29.7 Å². The van der Waals surface area contributed by atoms with Crippen LogP contribution in [0.3, 0.4) is 0 Å². The van der Waals surface area contributed by atoms with Crippen LogP contribution in [0, 0.1) is 5.82 Å². The Morgan fingerprint density at radius 3 is 2.79 bits per heavy atom. The standard InChI is InChI=1S/C24H20BrClFN3O3/c1-24(33)11-30(19-5-3-2-4-16(19)24)23(32)28-18-9-12(25)8-15-20(18)21(29-22(15)31)14-10-13(27)6-7-17(14)26/h2-10,21-22,29,31,33H,11H2,1H3,(H,28,32)/t21?,22?,24-/m0/s1. The quantitative estimate of drug-likeness (QED) is 0.366. The molecule has 2 aliphatic heterocycles. The summed E-state index contributed by atoms with van der Waals surface area (Å²) in [6.45, 7) is 1.76. The number of aliphatic hydroxyl groups is 2. The summed E-state index contributed by atoms with van der Waals surface area (Å²) in [5.41, 5.74) is 2.12. The number of urea groups is 1. The van der Waals surface area contributed by atoms with Crippen molar-refractivity contribution in [3.05, 3.63) is 92.2 Å². The first-order valence-corrected chi connectivity index (χ1v) is 11.5. The molecular formula is C24H20BrClFN3O3. The predicted octanol–water partition coefficient (Wildman–Crippen LogP) is 5.18. The van der Waals surface area contributed by atoms with Gasteiger partial charge in [0.1, 0.15) is 17.6 Å². The Bertz CT molecular complexity index is 1290. The van der Waals surface area contributed by atoms with Crippen LogP contribution >= 0.6 is 27.5 Å². The number of β-amino-alcohol motifs (C(OH)–C–C–N with tert-alkyl or cyclic N) is 1. The lowest BCUT2D eigenvalue weighted by atomic mass is 9.96. The largest absolute Gasteiger partial charge is 0.383 e. The Labute approximate surface area is 203 Å². The van der Waals surface area contributed by atoms with Gasteiger partial charge in [0.25, 0.3) is 0 Å². The molecule has 4 N–H and O–H groups in total. The average Bonchev–Trinajstić information content (AvgIpc) is 3.24. The van der Waals surface area contributed by atoms with Crippen LogP contribution in [0.5, 0.6) is 0 Å². The van der Waals surface area contributed by atoms with Crippen molar-refractivity contribution in [3.8, 4) is 0 Å². The van der Waals surface area contributed by atoms with Crippen molar-refractivity contribution in [1.82, 2.24) is 5.32 Å². The van der Waals surface area contributed by atoms with Gasteiger partial charge >= 0.3 is 6.03 Å². The molecule has 3 aromatic rings. The second-order valence-electron chi connectivity index (χ2n) is 8.43. The lowest BCUT2D eigenvalue weighted by Crippen LogP contribution is -2.38. The fourth-order valence-electron chi connectivity index (χ4n) is 4.61. The highest BCUT2D eigenvalue weighted by Crippen LogP contribution is 2.45. The van der Waals surface area contributed by atoms with Gasteiger partial charge in [-0.1, -0.05) is 45.7 Å². The van der Waals surface area contributed by atoms with Crippen molar-refractivity contribution in [1.29, 1.82) is 0 Å². The summed E-state index contributed by atoms with van der Waals surface area (Å²) in [6.07, 6.45) is -1.04. The predicted molar refractivity (Wildman–Crippen MR) is 128 cm³/mol. The maximum absolute atomic E-state index is 14.0. The molecule has 170 valence electrons. The van der Waals surface area contributed by atoms with E-state index in [0.29, 0.717) is 43.1 Å². The zero-order chi connectivity index (χ0) is 23.5. The van der Waals surface area contributed by atoms with Crippen LogP contribution in [0.15, 0.2) is 59.1 Å². The van der Waals surface area contributed by atoms with Crippen molar-refractivity contribution in [2.75, 3.05) is 16.8 Å². The van der Waals surface area contributed by atoms with Crippen molar-refractivity contribution in [3.63, 3.8) is 0 Å². The third-order valence-electron chi connectivity index (χ3n) is 6.08. The maximum atomic E-state index is 14.0. The van der Waals surface area contributed by atoms with Gasteiger partial charge in [-0.05, 0) is 48.9 Å². The molecule has 0 fully saturated rings. The van der Waals surface area contributed by atoms with Crippen molar-refractivity contribution in [2.24, 2.45) is 0 Å². The molecule has 0 aromatic heterocycles. The highest BCUT2D eigenvalue weighted by atomic mass is 79.9. The molecule has 5 rings (SSSR count). The van der Waals surface area contributed by atoms with E-state index in [1.54, 1.807) is 37.3 Å². The molecule has 3 aromatic carbocycles. The van der Waals surface area contributed by atoms with E-state index in [1.807, 2.05) is 6.07 Å². The Morgan fingerprint density at radius 1 is 1.24 bits per heavy atom. The number of carbonyl (C=O) groups is 1. The van der Waals surface area contributed by atoms with Gasteiger partial charge in [-0.15, -0.1) is 0 Å². The van der Waals surface area contributed by atoms with E-state index in [9.17, 15) is 19.4 Å². The fraction of sp³-hybridized carbons (Fsp3) is 0.208. The summed E-state index contributed by atoms with van der Waals surface area (Å²) < 4.78 is 14.7. The van der Waals surface area contributed by atoms with Crippen molar-refractivity contribution in [2.45, 2.75) is 24.8 Å². The highest BCUT2D eigenvalue weighted by Gasteiger charge is 2.40. The van der Waals surface area contributed by atoms with Crippen LogP contribution in [-0.4, -0.2) is 22.8 Å². The first-order chi connectivity index (χ1) is 15.7. The molecule has 0 aliphatic carbocycles. The minimum absolute atomic E-state index is 0.0917. The molecule has 0 spiro atoms. The zero-order valence-corrected chi connectivity index (χ0v) is 19.8. The molecule has 2 unspecified atom stereocenters. The Morgan fingerprint density at radius 2 is 2.00 bits per heavy atom. The molecule has 0 radical (unpaired) electrons. The minimum atomic E-state index is -1.18. The first kappa shape index (κ1) is 22.3. The summed E-state index contributed by atoms with van der Waals surface area (Å²) in [4.78, 5) is 14.8. The molecule has 0 saturated heterocycles. The molecule has 9 heteroatoms. The average molecular weight is 533 g/mol. The number of hydrogen-bond acceptors (Lipinski definition) is 4. The summed E-state index contributed by atoms with van der Waals surface area (Å²) in [5.74, 6) is -0.460. The van der Waals surface area contributed by atoms with Gasteiger partial charge in [0, 0.05) is 31.9 Å². The number of rotatable bonds is 2. The van der Waals surface area contributed by atoms with Crippen LogP contribution in [0.1, 0.15) is 41.4 Å². The molecular weight excluding hydrogens is 513 g/mol. The van der Waals surface area contributed by atoms with Gasteiger partial charge in [-0.25, -0.2) is 9.18 Å². The van der Waals surface area contributed by atoms with E-state index in [2.05, 4.69) is 26.6 Å². The molecule has 0 bridgehead atoms. The topological polar surface area (TPSA) is 84.8 Å². The van der Waals surface area contributed by atoms with Crippen LogP contribution in [0.4, 0.5) is 20.6 Å². The minimum Gasteiger partial charge on any atom is -0.383 e. The number of carbonyl (C=O) groups excluding carboxylic acids is 1. The lowest BCUT2D eigenvalue weighted by molar-refractivity contribution is 0.0757. The molecule has 2 heterocycles. The second-order valence-corrected chi connectivity index (χ2v) is 9.75. The van der Waals surface area contributed by atoms with E-state index >= 15 is 0 Å². The molecule has 33 heavy (non-hydrogen) atoms. The first-order valence-electron chi connectivity index (χ1n) is 10.3. The summed E-state index contributed by atoms with van der Waals surface area (Å²) in [7, 11) is 0. The third kappa shape index (κ3) is 3.82. The van der Waals surface area contributed by atoms with Gasteiger partial charge in [-0.3, -0.25) is 10.2 Å². The zero-order valence-electron chi connectivity index (χ0n) is 17.4. The maximum Gasteiger partial charge on any atom is 0.326 e. The number of fused-ring (bicyclic) bond motifs is 2. The Balaban J connectivity index is 1.55. The molecule has 2 amide bonds. The van der Waals surface area contributed by atoms with Gasteiger partial charge in [0.2, 0.25) is 0 Å². The summed E-state index contributed by atoms with van der Waals surface area (Å²) >= 11 is 9.78. The number of aliphatic hydroxyl groups excluding tert-OH is 1. The second kappa shape index (κ2) is 8.07. The smallest absolute Gasteiger partial charge is 0.326 e. The Hall–Kier alpha value is -2.49. The molecule has 0 saturated carbocycles. The van der Waals surface area contributed by atoms with E-state index in [1.165, 1.54) is 23.1 Å². The highest BCUT2D eigenvalue weighted by molar-refractivity contribution is 9.10. The monoisotopic (exact) mass is 531 g/mol. The SMILES string of the molecule is C[C@]1(O)CN(C(=O)Nc2cc(Br)cc3c2C(c2cc(F)ccc2Cl)NC3O)c2ccccc21. The molecule has 3 atom stereocenters. The number of halogens is 3. The Kier molecular flexibility index (Phi) is 5.46. The van der Waals surface area contributed by atoms with Crippen LogP contribution in [0.2, 0.25) is 5.02 Å². The van der Waals surface area contributed by atoms with E-state index in [-0.39, 0.29) is 6.54 Å². The number of benzene rings is 3. The molecule has 2 aliphatic rings. The van der Waals surface area contributed by atoms with Gasteiger partial charge in [0.15, 0.2) is 0 Å². The van der Waals surface area contributed by atoms with Crippen molar-refractivity contribution >= 4 is 44.9 Å². The number of amides is 2. The number of anilines is 2.